The first-order valence-electron chi connectivity index (χ1n) is 6.91. The van der Waals surface area contributed by atoms with Gasteiger partial charge in [0.05, 0.1) is 22.1 Å². The summed E-state index contributed by atoms with van der Waals surface area (Å²) in [5.41, 5.74) is 0.526. The fourth-order valence-corrected chi connectivity index (χ4v) is 3.73. The largest absolute Gasteiger partial charge is 0.308 e. The second-order valence-corrected chi connectivity index (χ2v) is 8.20. The van der Waals surface area contributed by atoms with Crippen molar-refractivity contribution in [2.45, 2.75) is 31.2 Å². The Morgan fingerprint density at radius 2 is 2.05 bits per heavy atom. The SMILES string of the molecule is CCCc1nc(Cn2cc(S(=O)(=O)N(C)C)ccc2=O)cs1. The van der Waals surface area contributed by atoms with Crippen molar-refractivity contribution in [1.82, 2.24) is 13.9 Å². The van der Waals surface area contributed by atoms with Crippen LogP contribution in [0.2, 0.25) is 0 Å². The van der Waals surface area contributed by atoms with Crippen molar-refractivity contribution >= 4 is 21.4 Å². The second kappa shape index (κ2) is 6.72. The highest BCUT2D eigenvalue weighted by atomic mass is 32.2. The minimum atomic E-state index is -3.56. The van der Waals surface area contributed by atoms with Crippen LogP contribution in [0.25, 0.3) is 0 Å². The Morgan fingerprint density at radius 1 is 1.32 bits per heavy atom. The van der Waals surface area contributed by atoms with Gasteiger partial charge in [-0.3, -0.25) is 4.79 Å². The van der Waals surface area contributed by atoms with Crippen LogP contribution in [0.15, 0.2) is 33.4 Å². The van der Waals surface area contributed by atoms with Gasteiger partial charge in [-0.25, -0.2) is 17.7 Å². The number of hydrogen-bond acceptors (Lipinski definition) is 5. The summed E-state index contributed by atoms with van der Waals surface area (Å²) in [5, 5.41) is 2.94. The molecular formula is C14H19N3O3S2. The van der Waals surface area contributed by atoms with Crippen LogP contribution in [-0.2, 0) is 23.0 Å². The molecule has 0 fully saturated rings. The summed E-state index contributed by atoms with van der Waals surface area (Å²) < 4.78 is 26.8. The normalized spacial score (nSPS) is 12.0. The molecule has 2 heterocycles. The van der Waals surface area contributed by atoms with E-state index in [1.807, 2.05) is 5.38 Å². The van der Waals surface area contributed by atoms with Crippen LogP contribution in [0.4, 0.5) is 0 Å². The highest BCUT2D eigenvalue weighted by Crippen LogP contribution is 2.14. The van der Waals surface area contributed by atoms with Crippen LogP contribution < -0.4 is 5.56 Å². The van der Waals surface area contributed by atoms with Crippen LogP contribution >= 0.6 is 11.3 Å². The van der Waals surface area contributed by atoms with Gasteiger partial charge in [0.2, 0.25) is 10.0 Å². The molecule has 0 saturated heterocycles. The van der Waals surface area contributed by atoms with Crippen molar-refractivity contribution in [3.05, 3.63) is 44.8 Å². The molecule has 2 aromatic heterocycles. The van der Waals surface area contributed by atoms with Crippen molar-refractivity contribution in [2.75, 3.05) is 14.1 Å². The predicted molar refractivity (Wildman–Crippen MR) is 86.8 cm³/mol. The lowest BCUT2D eigenvalue weighted by atomic mass is 10.3. The summed E-state index contributed by atoms with van der Waals surface area (Å²) in [6.45, 7) is 2.36. The number of sulfonamides is 1. The van der Waals surface area contributed by atoms with Gasteiger partial charge in [0.1, 0.15) is 0 Å². The maximum Gasteiger partial charge on any atom is 0.250 e. The number of rotatable bonds is 6. The van der Waals surface area contributed by atoms with Crippen molar-refractivity contribution < 1.29 is 8.42 Å². The number of pyridine rings is 1. The molecule has 120 valence electrons. The Kier molecular flexibility index (Phi) is 5.15. The van der Waals surface area contributed by atoms with Gasteiger partial charge in [-0.05, 0) is 18.9 Å². The minimum absolute atomic E-state index is 0.0983. The van der Waals surface area contributed by atoms with E-state index in [4.69, 9.17) is 0 Å². The summed E-state index contributed by atoms with van der Waals surface area (Å²) in [6.07, 6.45) is 3.30. The van der Waals surface area contributed by atoms with E-state index in [9.17, 15) is 13.2 Å². The van der Waals surface area contributed by atoms with Gasteiger partial charge < -0.3 is 4.57 Å². The molecule has 0 radical (unpaired) electrons. The van der Waals surface area contributed by atoms with E-state index in [1.165, 1.54) is 37.0 Å². The molecule has 0 aromatic carbocycles. The van der Waals surface area contributed by atoms with E-state index < -0.39 is 10.0 Å². The molecule has 0 bridgehead atoms. The molecule has 0 aliphatic heterocycles. The summed E-state index contributed by atoms with van der Waals surface area (Å²) in [7, 11) is -0.635. The molecule has 0 saturated carbocycles. The van der Waals surface area contributed by atoms with Crippen LogP contribution in [0.5, 0.6) is 0 Å². The van der Waals surface area contributed by atoms with Gasteiger partial charge in [0.15, 0.2) is 0 Å². The fraction of sp³-hybridized carbons (Fsp3) is 0.429. The van der Waals surface area contributed by atoms with Crippen molar-refractivity contribution in [1.29, 1.82) is 0 Å². The molecule has 0 amide bonds. The Hall–Kier alpha value is -1.51. The smallest absolute Gasteiger partial charge is 0.250 e. The average molecular weight is 341 g/mol. The van der Waals surface area contributed by atoms with E-state index in [-0.39, 0.29) is 17.0 Å². The summed E-state index contributed by atoms with van der Waals surface area (Å²) in [4.78, 5) is 16.5. The third-order valence-corrected chi connectivity index (χ3v) is 5.89. The molecule has 22 heavy (non-hydrogen) atoms. The molecule has 0 aliphatic rings. The molecule has 8 heteroatoms. The molecule has 2 aromatic rings. The van der Waals surface area contributed by atoms with Gasteiger partial charge in [-0.15, -0.1) is 11.3 Å². The lowest BCUT2D eigenvalue weighted by molar-refractivity contribution is 0.519. The van der Waals surface area contributed by atoms with E-state index in [2.05, 4.69) is 11.9 Å². The average Bonchev–Trinajstić information content (AvgIpc) is 2.88. The van der Waals surface area contributed by atoms with E-state index in [0.717, 1.165) is 27.8 Å². The van der Waals surface area contributed by atoms with E-state index in [0.29, 0.717) is 0 Å². The maximum absolute atomic E-state index is 12.1. The van der Waals surface area contributed by atoms with Gasteiger partial charge in [-0.1, -0.05) is 6.92 Å². The first kappa shape index (κ1) is 16.9. The number of nitrogens with zero attached hydrogens (tertiary/aromatic N) is 3. The molecule has 0 unspecified atom stereocenters. The minimum Gasteiger partial charge on any atom is -0.308 e. The number of thiazole rings is 1. The zero-order chi connectivity index (χ0) is 16.3. The van der Waals surface area contributed by atoms with Crippen molar-refractivity contribution in [3.8, 4) is 0 Å². The molecule has 6 nitrogen and oxygen atoms in total. The maximum atomic E-state index is 12.1. The van der Waals surface area contributed by atoms with Gasteiger partial charge in [-0.2, -0.15) is 0 Å². The molecule has 0 spiro atoms. The highest BCUT2D eigenvalue weighted by molar-refractivity contribution is 7.89. The van der Waals surface area contributed by atoms with Crippen LogP contribution in [-0.4, -0.2) is 36.4 Å². The standard InChI is InChI=1S/C14H19N3O3S2/c1-4-5-13-15-11(10-21-13)8-17-9-12(6-7-14(17)18)22(19,20)16(2)3/h6-7,9-10H,4-5,8H2,1-3H3. The molecule has 0 atom stereocenters. The lowest BCUT2D eigenvalue weighted by Crippen LogP contribution is -2.26. The van der Waals surface area contributed by atoms with Crippen molar-refractivity contribution in [3.63, 3.8) is 0 Å². The first-order chi connectivity index (χ1) is 10.3. The molecule has 0 aliphatic carbocycles. The molecule has 0 N–H and O–H groups in total. The first-order valence-corrected chi connectivity index (χ1v) is 9.23. The Morgan fingerprint density at radius 3 is 2.68 bits per heavy atom. The molecular weight excluding hydrogens is 322 g/mol. The summed E-state index contributed by atoms with van der Waals surface area (Å²) in [6, 6.07) is 2.60. The van der Waals surface area contributed by atoms with Crippen molar-refractivity contribution in [2.24, 2.45) is 0 Å². The number of hydrogen-bond donors (Lipinski definition) is 0. The van der Waals surface area contributed by atoms with Crippen LogP contribution in [0.3, 0.4) is 0 Å². The monoisotopic (exact) mass is 341 g/mol. The lowest BCUT2D eigenvalue weighted by Gasteiger charge is -2.12. The van der Waals surface area contributed by atoms with Crippen LogP contribution in [0.1, 0.15) is 24.0 Å². The molecule has 2 rings (SSSR count). The third kappa shape index (κ3) is 3.63. The Balaban J connectivity index is 2.33. The van der Waals surface area contributed by atoms with Crippen LogP contribution in [0, 0.1) is 0 Å². The van der Waals surface area contributed by atoms with E-state index >= 15 is 0 Å². The quantitative estimate of drug-likeness (QED) is 0.799. The Bertz CT molecular complexity index is 807. The second-order valence-electron chi connectivity index (χ2n) is 5.10. The number of aromatic nitrogens is 2. The number of aryl methyl sites for hydroxylation is 1. The van der Waals surface area contributed by atoms with Gasteiger partial charge in [0.25, 0.3) is 5.56 Å². The zero-order valence-electron chi connectivity index (χ0n) is 12.8. The topological polar surface area (TPSA) is 72.3 Å². The zero-order valence-corrected chi connectivity index (χ0v) is 14.4. The highest BCUT2D eigenvalue weighted by Gasteiger charge is 2.18. The third-order valence-electron chi connectivity index (χ3n) is 3.13. The fourth-order valence-electron chi connectivity index (χ4n) is 1.92. The Labute approximate surface area is 134 Å². The summed E-state index contributed by atoms with van der Waals surface area (Å²) in [5.74, 6) is 0. The van der Waals surface area contributed by atoms with Gasteiger partial charge in [0, 0.05) is 31.7 Å². The van der Waals surface area contributed by atoms with E-state index in [1.54, 1.807) is 11.3 Å². The summed E-state index contributed by atoms with van der Waals surface area (Å²) >= 11 is 1.56. The van der Waals surface area contributed by atoms with Gasteiger partial charge >= 0.3 is 0 Å². The predicted octanol–water partition coefficient (Wildman–Crippen LogP) is 1.56.